The van der Waals surface area contributed by atoms with Gasteiger partial charge in [0, 0.05) is 6.54 Å². The molecule has 1 fully saturated rings. The molecule has 5 heteroatoms. The number of aliphatic hydroxyl groups excluding tert-OH is 1. The molecular formula is C13H17NO4. The number of methoxy groups -OCH3 is 1. The van der Waals surface area contributed by atoms with E-state index in [0.717, 1.165) is 11.3 Å². The number of aryl methyl sites for hydroxylation is 1. The van der Waals surface area contributed by atoms with E-state index in [4.69, 9.17) is 14.6 Å². The van der Waals surface area contributed by atoms with E-state index in [-0.39, 0.29) is 12.5 Å². The molecule has 0 spiro atoms. The number of benzene rings is 1. The predicted molar refractivity (Wildman–Crippen MR) is 66.9 cm³/mol. The molecule has 1 saturated heterocycles. The zero-order valence-corrected chi connectivity index (χ0v) is 10.5. The molecule has 0 saturated carbocycles. The Bertz CT molecular complexity index is 447. The lowest BCUT2D eigenvalue weighted by Gasteiger charge is -2.32. The topological polar surface area (TPSA) is 59.0 Å². The van der Waals surface area contributed by atoms with E-state index in [1.54, 1.807) is 12.0 Å². The van der Waals surface area contributed by atoms with Crippen LogP contribution in [0.3, 0.4) is 0 Å². The lowest BCUT2D eigenvalue weighted by molar-refractivity contribution is -0.136. The van der Waals surface area contributed by atoms with Crippen LogP contribution >= 0.6 is 0 Å². The maximum atomic E-state index is 12.1. The summed E-state index contributed by atoms with van der Waals surface area (Å²) in [5.41, 5.74) is 1.77. The van der Waals surface area contributed by atoms with Crippen molar-refractivity contribution < 1.29 is 19.4 Å². The van der Waals surface area contributed by atoms with Crippen LogP contribution in [0.5, 0.6) is 5.75 Å². The van der Waals surface area contributed by atoms with E-state index < -0.39 is 6.10 Å². The molecule has 1 aliphatic heterocycles. The van der Waals surface area contributed by atoms with Gasteiger partial charge in [-0.3, -0.25) is 4.79 Å². The molecule has 18 heavy (non-hydrogen) atoms. The van der Waals surface area contributed by atoms with E-state index in [0.29, 0.717) is 18.9 Å². The Morgan fingerprint density at radius 3 is 3.00 bits per heavy atom. The van der Waals surface area contributed by atoms with Gasteiger partial charge in [-0.1, -0.05) is 6.07 Å². The molecule has 2 rings (SSSR count). The van der Waals surface area contributed by atoms with Crippen LogP contribution in [0.15, 0.2) is 18.2 Å². The number of hydrogen-bond donors (Lipinski definition) is 1. The van der Waals surface area contributed by atoms with E-state index in [1.165, 1.54) is 0 Å². The van der Waals surface area contributed by atoms with Crippen molar-refractivity contribution in [1.82, 2.24) is 0 Å². The first-order chi connectivity index (χ1) is 8.67. The molecule has 5 nitrogen and oxygen atoms in total. The molecule has 98 valence electrons. The average molecular weight is 251 g/mol. The van der Waals surface area contributed by atoms with Crippen molar-refractivity contribution in [2.45, 2.75) is 13.0 Å². The number of hydrogen-bond acceptors (Lipinski definition) is 4. The van der Waals surface area contributed by atoms with Gasteiger partial charge in [0.05, 0.1) is 26.0 Å². The van der Waals surface area contributed by atoms with Crippen molar-refractivity contribution in [3.63, 3.8) is 0 Å². The summed E-state index contributed by atoms with van der Waals surface area (Å²) >= 11 is 0. The highest BCUT2D eigenvalue weighted by atomic mass is 16.5. The largest absolute Gasteiger partial charge is 0.495 e. The van der Waals surface area contributed by atoms with E-state index >= 15 is 0 Å². The zero-order chi connectivity index (χ0) is 13.1. The highest BCUT2D eigenvalue weighted by Gasteiger charge is 2.31. The summed E-state index contributed by atoms with van der Waals surface area (Å²) in [5, 5.41) is 9.10. The number of ether oxygens (including phenoxy) is 2. The van der Waals surface area contributed by atoms with Gasteiger partial charge >= 0.3 is 0 Å². The molecule has 1 N–H and O–H groups in total. The Morgan fingerprint density at radius 2 is 2.33 bits per heavy atom. The fraction of sp³-hybridized carbons (Fsp3) is 0.462. The monoisotopic (exact) mass is 251 g/mol. The Balaban J connectivity index is 2.35. The molecule has 0 aliphatic carbocycles. The molecule has 1 heterocycles. The number of rotatable bonds is 3. The van der Waals surface area contributed by atoms with Gasteiger partial charge in [-0.05, 0) is 24.6 Å². The molecule has 0 aromatic heterocycles. The van der Waals surface area contributed by atoms with Gasteiger partial charge in [0.2, 0.25) is 0 Å². The van der Waals surface area contributed by atoms with Gasteiger partial charge in [-0.25, -0.2) is 0 Å². The second-order valence-corrected chi connectivity index (χ2v) is 4.21. The minimum atomic E-state index is -0.774. The van der Waals surface area contributed by atoms with Crippen molar-refractivity contribution in [2.75, 3.05) is 31.8 Å². The molecule has 1 aromatic rings. The number of carbonyl (C=O) groups excluding carboxylic acids is 1. The van der Waals surface area contributed by atoms with Crippen LogP contribution in [-0.4, -0.2) is 44.0 Å². The van der Waals surface area contributed by atoms with Crippen LogP contribution in [0, 0.1) is 6.92 Å². The number of aliphatic hydroxyl groups is 1. The summed E-state index contributed by atoms with van der Waals surface area (Å²) < 4.78 is 10.5. The predicted octanol–water partition coefficient (Wildman–Crippen LogP) is 0.728. The minimum Gasteiger partial charge on any atom is -0.495 e. The van der Waals surface area contributed by atoms with Crippen molar-refractivity contribution >= 4 is 11.6 Å². The van der Waals surface area contributed by atoms with Gasteiger partial charge in [0.15, 0.2) is 6.10 Å². The minimum absolute atomic E-state index is 0.229. The highest BCUT2D eigenvalue weighted by Crippen LogP contribution is 2.30. The molecule has 0 radical (unpaired) electrons. The maximum Gasteiger partial charge on any atom is 0.258 e. The summed E-state index contributed by atoms with van der Waals surface area (Å²) in [4.78, 5) is 13.7. The highest BCUT2D eigenvalue weighted by molar-refractivity contribution is 5.98. The molecule has 1 unspecified atom stereocenters. The number of morpholine rings is 1. The Labute approximate surface area is 106 Å². The van der Waals surface area contributed by atoms with Gasteiger partial charge in [0.25, 0.3) is 5.91 Å². The van der Waals surface area contributed by atoms with Crippen molar-refractivity contribution in [3.8, 4) is 5.75 Å². The van der Waals surface area contributed by atoms with Crippen molar-refractivity contribution in [2.24, 2.45) is 0 Å². The van der Waals surface area contributed by atoms with Crippen LogP contribution in [0.25, 0.3) is 0 Å². The first kappa shape index (κ1) is 12.9. The van der Waals surface area contributed by atoms with Crippen molar-refractivity contribution in [3.05, 3.63) is 23.8 Å². The quantitative estimate of drug-likeness (QED) is 0.860. The summed E-state index contributed by atoms with van der Waals surface area (Å²) in [6, 6.07) is 5.66. The fourth-order valence-electron chi connectivity index (χ4n) is 2.02. The second-order valence-electron chi connectivity index (χ2n) is 4.21. The van der Waals surface area contributed by atoms with Crippen LogP contribution in [0.1, 0.15) is 5.56 Å². The Hall–Kier alpha value is -1.59. The van der Waals surface area contributed by atoms with Gasteiger partial charge in [-0.15, -0.1) is 0 Å². The Morgan fingerprint density at radius 1 is 1.56 bits per heavy atom. The van der Waals surface area contributed by atoms with E-state index in [2.05, 4.69) is 0 Å². The fourth-order valence-corrected chi connectivity index (χ4v) is 2.02. The lowest BCUT2D eigenvalue weighted by atomic mass is 10.1. The second kappa shape index (κ2) is 5.37. The smallest absolute Gasteiger partial charge is 0.258 e. The molecule has 1 aromatic carbocycles. The van der Waals surface area contributed by atoms with E-state index in [9.17, 15) is 4.79 Å². The number of anilines is 1. The molecule has 1 aliphatic rings. The summed E-state index contributed by atoms with van der Waals surface area (Å²) in [6.07, 6.45) is -0.774. The number of nitrogens with zero attached hydrogens (tertiary/aromatic N) is 1. The van der Waals surface area contributed by atoms with Crippen LogP contribution in [-0.2, 0) is 9.53 Å². The van der Waals surface area contributed by atoms with Crippen LogP contribution in [0.2, 0.25) is 0 Å². The maximum absolute atomic E-state index is 12.1. The van der Waals surface area contributed by atoms with Gasteiger partial charge in [-0.2, -0.15) is 0 Å². The lowest BCUT2D eigenvalue weighted by Crippen LogP contribution is -2.49. The normalized spacial score (nSPS) is 20.1. The zero-order valence-electron chi connectivity index (χ0n) is 10.5. The third-order valence-corrected chi connectivity index (χ3v) is 2.97. The first-order valence-corrected chi connectivity index (χ1v) is 5.86. The molecular weight excluding hydrogens is 234 g/mol. The third-order valence-electron chi connectivity index (χ3n) is 2.97. The van der Waals surface area contributed by atoms with E-state index in [1.807, 2.05) is 25.1 Å². The number of carbonyl (C=O) groups is 1. The third kappa shape index (κ3) is 2.32. The van der Waals surface area contributed by atoms with Crippen LogP contribution in [0.4, 0.5) is 5.69 Å². The number of amides is 1. The average Bonchev–Trinajstić information content (AvgIpc) is 2.39. The van der Waals surface area contributed by atoms with Crippen LogP contribution < -0.4 is 9.64 Å². The molecule has 1 atom stereocenters. The summed E-state index contributed by atoms with van der Waals surface area (Å²) in [5.74, 6) is 0.417. The van der Waals surface area contributed by atoms with Crippen molar-refractivity contribution in [1.29, 1.82) is 0 Å². The van der Waals surface area contributed by atoms with Gasteiger partial charge < -0.3 is 19.5 Å². The van der Waals surface area contributed by atoms with Gasteiger partial charge in [0.1, 0.15) is 5.75 Å². The standard InChI is InChI=1S/C13H17NO4/c1-9-3-4-11(17-2)10(7-9)14-5-6-18-12(8-15)13(14)16/h3-4,7,12,15H,5-6,8H2,1-2H3. The Kier molecular flexibility index (Phi) is 3.84. The SMILES string of the molecule is COc1ccc(C)cc1N1CCOC(CO)C1=O. The summed E-state index contributed by atoms with van der Waals surface area (Å²) in [7, 11) is 1.57. The first-order valence-electron chi connectivity index (χ1n) is 5.86. The molecule has 1 amide bonds. The molecule has 0 bridgehead atoms. The summed E-state index contributed by atoms with van der Waals surface area (Å²) in [6.45, 7) is 2.53.